The van der Waals surface area contributed by atoms with Crippen LogP contribution in [-0.2, 0) is 14.8 Å². The van der Waals surface area contributed by atoms with E-state index in [9.17, 15) is 13.2 Å². The molecule has 0 saturated carbocycles. The van der Waals surface area contributed by atoms with Gasteiger partial charge >= 0.3 is 0 Å². The van der Waals surface area contributed by atoms with Gasteiger partial charge in [-0.2, -0.15) is 4.31 Å². The molecule has 0 radical (unpaired) electrons. The zero-order chi connectivity index (χ0) is 19.6. The van der Waals surface area contributed by atoms with Gasteiger partial charge in [0.25, 0.3) is 5.91 Å². The molecule has 7 heteroatoms. The van der Waals surface area contributed by atoms with Crippen LogP contribution in [0.2, 0.25) is 0 Å². The Hall–Kier alpha value is -2.22. The molecule has 1 amide bonds. The van der Waals surface area contributed by atoms with E-state index in [1.54, 1.807) is 18.2 Å². The van der Waals surface area contributed by atoms with Crippen molar-refractivity contribution in [2.24, 2.45) is 0 Å². The van der Waals surface area contributed by atoms with Crippen LogP contribution in [0.25, 0.3) is 0 Å². The van der Waals surface area contributed by atoms with Crippen LogP contribution >= 0.6 is 0 Å². The molecule has 6 nitrogen and oxygen atoms in total. The van der Waals surface area contributed by atoms with Crippen LogP contribution in [0.4, 0.5) is 5.69 Å². The lowest BCUT2D eigenvalue weighted by Gasteiger charge is -2.32. The summed E-state index contributed by atoms with van der Waals surface area (Å²) in [6, 6.07) is 11.6. The smallest absolute Gasteiger partial charge is 0.255 e. The molecule has 1 fully saturated rings. The van der Waals surface area contributed by atoms with E-state index in [0.717, 1.165) is 11.1 Å². The molecule has 1 aliphatic rings. The van der Waals surface area contributed by atoms with Crippen molar-refractivity contribution >= 4 is 21.6 Å². The highest BCUT2D eigenvalue weighted by Crippen LogP contribution is 2.22. The van der Waals surface area contributed by atoms with Gasteiger partial charge in [0.15, 0.2) is 0 Å². The molecule has 1 atom stereocenters. The Morgan fingerprint density at radius 1 is 1.11 bits per heavy atom. The van der Waals surface area contributed by atoms with Crippen LogP contribution < -0.4 is 5.32 Å². The number of hydrogen-bond donors (Lipinski definition) is 1. The first-order valence-electron chi connectivity index (χ1n) is 8.87. The zero-order valence-corrected chi connectivity index (χ0v) is 16.5. The van der Waals surface area contributed by atoms with Crippen LogP contribution in [0.5, 0.6) is 0 Å². The number of carbonyl (C=O) groups excluding carboxylic acids is 1. The molecule has 1 heterocycles. The fraction of sp³-hybridized carbons (Fsp3) is 0.350. The summed E-state index contributed by atoms with van der Waals surface area (Å²) < 4.78 is 32.4. The number of benzene rings is 2. The standard InChI is InChI=1S/C20H24N2O4S/c1-14-4-5-17(12-15(14)2)20(23)21-18-6-8-19(9-7-18)27(24,25)22-10-11-26-13-16(22)3/h4-9,12,16H,10-11,13H2,1-3H3,(H,21,23). The maximum absolute atomic E-state index is 12.8. The van der Waals surface area contributed by atoms with E-state index < -0.39 is 10.0 Å². The molecule has 1 N–H and O–H groups in total. The Kier molecular flexibility index (Phi) is 5.64. The lowest BCUT2D eigenvalue weighted by molar-refractivity contribution is 0.0393. The number of amides is 1. The Bertz CT molecular complexity index is 939. The molecule has 0 aromatic heterocycles. The van der Waals surface area contributed by atoms with Crippen LogP contribution in [0.15, 0.2) is 47.4 Å². The van der Waals surface area contributed by atoms with Crippen molar-refractivity contribution in [1.29, 1.82) is 0 Å². The average molecular weight is 388 g/mol. The molecule has 27 heavy (non-hydrogen) atoms. The molecule has 2 aromatic carbocycles. The predicted molar refractivity (Wildman–Crippen MR) is 104 cm³/mol. The third kappa shape index (κ3) is 4.21. The number of nitrogens with one attached hydrogen (secondary N) is 1. The molecule has 3 rings (SSSR count). The Labute approximate surface area is 160 Å². The van der Waals surface area contributed by atoms with Crippen molar-refractivity contribution in [2.75, 3.05) is 25.1 Å². The van der Waals surface area contributed by atoms with E-state index in [1.807, 2.05) is 32.9 Å². The zero-order valence-electron chi connectivity index (χ0n) is 15.7. The highest BCUT2D eigenvalue weighted by Gasteiger charge is 2.31. The monoisotopic (exact) mass is 388 g/mol. The Balaban J connectivity index is 1.75. The van der Waals surface area contributed by atoms with E-state index in [2.05, 4.69) is 5.32 Å². The van der Waals surface area contributed by atoms with E-state index in [4.69, 9.17) is 4.74 Å². The highest BCUT2D eigenvalue weighted by atomic mass is 32.2. The minimum Gasteiger partial charge on any atom is -0.378 e. The van der Waals surface area contributed by atoms with Gasteiger partial charge < -0.3 is 10.1 Å². The summed E-state index contributed by atoms with van der Waals surface area (Å²) in [7, 11) is -3.58. The quantitative estimate of drug-likeness (QED) is 0.874. The lowest BCUT2D eigenvalue weighted by atomic mass is 10.1. The minimum absolute atomic E-state index is 0.201. The van der Waals surface area contributed by atoms with Gasteiger partial charge in [-0.25, -0.2) is 8.42 Å². The number of ether oxygens (including phenoxy) is 1. The average Bonchev–Trinajstić information content (AvgIpc) is 2.64. The van der Waals surface area contributed by atoms with E-state index in [0.29, 0.717) is 31.0 Å². The van der Waals surface area contributed by atoms with Crippen molar-refractivity contribution in [3.8, 4) is 0 Å². The number of aryl methyl sites for hydroxylation is 2. The Morgan fingerprint density at radius 2 is 1.81 bits per heavy atom. The van der Waals surface area contributed by atoms with Gasteiger partial charge in [-0.05, 0) is 68.3 Å². The van der Waals surface area contributed by atoms with E-state index >= 15 is 0 Å². The summed E-state index contributed by atoms with van der Waals surface area (Å²) in [5, 5.41) is 2.80. The molecule has 2 aromatic rings. The molecular weight excluding hydrogens is 364 g/mol. The number of sulfonamides is 1. The van der Waals surface area contributed by atoms with E-state index in [-0.39, 0.29) is 16.8 Å². The van der Waals surface area contributed by atoms with Gasteiger partial charge in [-0.15, -0.1) is 0 Å². The number of nitrogens with zero attached hydrogens (tertiary/aromatic N) is 1. The second-order valence-corrected chi connectivity index (χ2v) is 8.71. The first-order valence-corrected chi connectivity index (χ1v) is 10.3. The second-order valence-electron chi connectivity index (χ2n) is 6.82. The number of hydrogen-bond acceptors (Lipinski definition) is 4. The topological polar surface area (TPSA) is 75.7 Å². The van der Waals surface area contributed by atoms with Gasteiger partial charge in [-0.3, -0.25) is 4.79 Å². The summed E-state index contributed by atoms with van der Waals surface area (Å²) in [6.07, 6.45) is 0. The third-order valence-electron chi connectivity index (χ3n) is 4.79. The molecule has 0 spiro atoms. The van der Waals surface area contributed by atoms with Crippen molar-refractivity contribution < 1.29 is 17.9 Å². The maximum atomic E-state index is 12.8. The molecule has 1 aliphatic heterocycles. The van der Waals surface area contributed by atoms with Gasteiger partial charge in [-0.1, -0.05) is 6.07 Å². The van der Waals surface area contributed by atoms with Crippen LogP contribution in [0.3, 0.4) is 0 Å². The highest BCUT2D eigenvalue weighted by molar-refractivity contribution is 7.89. The molecule has 144 valence electrons. The van der Waals surface area contributed by atoms with Crippen LogP contribution in [0.1, 0.15) is 28.4 Å². The summed E-state index contributed by atoms with van der Waals surface area (Å²) >= 11 is 0. The molecule has 0 bridgehead atoms. The number of rotatable bonds is 4. The number of anilines is 1. The number of carbonyl (C=O) groups is 1. The minimum atomic E-state index is -3.58. The number of morpholine rings is 1. The second kappa shape index (κ2) is 7.80. The third-order valence-corrected chi connectivity index (χ3v) is 6.82. The first-order chi connectivity index (χ1) is 12.8. The molecule has 1 unspecified atom stereocenters. The van der Waals surface area contributed by atoms with Gasteiger partial charge in [0, 0.05) is 23.8 Å². The summed E-state index contributed by atoms with van der Waals surface area (Å²) in [4.78, 5) is 12.6. The summed E-state index contributed by atoms with van der Waals surface area (Å²) in [6.45, 7) is 6.91. The molecule has 0 aliphatic carbocycles. The normalized spacial score (nSPS) is 18.3. The fourth-order valence-corrected chi connectivity index (χ4v) is 4.60. The lowest BCUT2D eigenvalue weighted by Crippen LogP contribution is -2.46. The summed E-state index contributed by atoms with van der Waals surface area (Å²) in [5.41, 5.74) is 3.28. The van der Waals surface area contributed by atoms with Crippen molar-refractivity contribution in [3.05, 3.63) is 59.2 Å². The largest absolute Gasteiger partial charge is 0.378 e. The molecular formula is C20H24N2O4S. The molecule has 1 saturated heterocycles. The van der Waals surface area contributed by atoms with Gasteiger partial charge in [0.1, 0.15) is 0 Å². The summed E-state index contributed by atoms with van der Waals surface area (Å²) in [5.74, 6) is -0.226. The van der Waals surface area contributed by atoms with Crippen molar-refractivity contribution in [2.45, 2.75) is 31.7 Å². The first kappa shape index (κ1) is 19.5. The van der Waals surface area contributed by atoms with Gasteiger partial charge in [0.2, 0.25) is 10.0 Å². The van der Waals surface area contributed by atoms with Crippen LogP contribution in [-0.4, -0.2) is 44.4 Å². The van der Waals surface area contributed by atoms with Gasteiger partial charge in [0.05, 0.1) is 18.1 Å². The van der Waals surface area contributed by atoms with Crippen molar-refractivity contribution in [3.63, 3.8) is 0 Å². The van der Waals surface area contributed by atoms with Crippen LogP contribution in [0, 0.1) is 13.8 Å². The predicted octanol–water partition coefficient (Wildman–Crippen LogP) is 2.97. The SMILES string of the molecule is Cc1ccc(C(=O)Nc2ccc(S(=O)(=O)N3CCOCC3C)cc2)cc1C. The Morgan fingerprint density at radius 3 is 2.44 bits per heavy atom. The van der Waals surface area contributed by atoms with E-state index in [1.165, 1.54) is 16.4 Å². The fourth-order valence-electron chi connectivity index (χ4n) is 3.00. The maximum Gasteiger partial charge on any atom is 0.255 e. The van der Waals surface area contributed by atoms with Crippen molar-refractivity contribution in [1.82, 2.24) is 4.31 Å².